The third-order valence-corrected chi connectivity index (χ3v) is 3.81. The molecule has 27 heavy (non-hydrogen) atoms. The van der Waals surface area contributed by atoms with E-state index in [-0.39, 0.29) is 16.5 Å². The van der Waals surface area contributed by atoms with Gasteiger partial charge in [0.15, 0.2) is 5.43 Å². The number of halogens is 4. The molecule has 0 radical (unpaired) electrons. The summed E-state index contributed by atoms with van der Waals surface area (Å²) in [6.07, 6.45) is -2.68. The normalized spacial score (nSPS) is 11.6. The largest absolute Gasteiger partial charge is 0.573 e. The van der Waals surface area contributed by atoms with Gasteiger partial charge in [0.05, 0.1) is 17.5 Å². The van der Waals surface area contributed by atoms with Crippen molar-refractivity contribution < 1.29 is 27.0 Å². The van der Waals surface area contributed by atoms with Gasteiger partial charge in [-0.2, -0.15) is 0 Å². The average Bonchev–Trinajstić information content (AvgIpc) is 2.61. The standard InChI is InChI=1S/C19H15F4NO3/c1-2-9-26-15-8-7-14(20)16-17(15)24-10-13(18(16)25)11-3-5-12(6-4-11)27-19(21,22)23/h3-8,10H,2,9H2,1H3,(H,24,25). The number of aromatic amines is 1. The molecule has 3 aromatic rings. The molecule has 0 saturated heterocycles. The summed E-state index contributed by atoms with van der Waals surface area (Å²) in [7, 11) is 0. The van der Waals surface area contributed by atoms with Crippen LogP contribution in [0.2, 0.25) is 0 Å². The van der Waals surface area contributed by atoms with E-state index in [9.17, 15) is 22.4 Å². The van der Waals surface area contributed by atoms with Crippen molar-refractivity contribution >= 4 is 10.9 Å². The minimum absolute atomic E-state index is 0.118. The molecule has 0 unspecified atom stereocenters. The van der Waals surface area contributed by atoms with Crippen molar-refractivity contribution in [1.82, 2.24) is 4.98 Å². The van der Waals surface area contributed by atoms with Crippen molar-refractivity contribution in [2.24, 2.45) is 0 Å². The Morgan fingerprint density at radius 1 is 1.07 bits per heavy atom. The first-order valence-electron chi connectivity index (χ1n) is 8.13. The van der Waals surface area contributed by atoms with Crippen molar-refractivity contribution in [1.29, 1.82) is 0 Å². The Morgan fingerprint density at radius 2 is 1.78 bits per heavy atom. The van der Waals surface area contributed by atoms with E-state index in [0.717, 1.165) is 24.6 Å². The number of fused-ring (bicyclic) bond motifs is 1. The fraction of sp³-hybridized carbons (Fsp3) is 0.211. The Bertz CT molecular complexity index is 1010. The van der Waals surface area contributed by atoms with Crippen molar-refractivity contribution in [3.63, 3.8) is 0 Å². The molecule has 0 spiro atoms. The highest BCUT2D eigenvalue weighted by atomic mass is 19.4. The van der Waals surface area contributed by atoms with Gasteiger partial charge in [-0.15, -0.1) is 13.2 Å². The van der Waals surface area contributed by atoms with E-state index in [2.05, 4.69) is 9.72 Å². The minimum atomic E-state index is -4.81. The summed E-state index contributed by atoms with van der Waals surface area (Å²) in [5.74, 6) is -0.773. The maximum absolute atomic E-state index is 14.3. The summed E-state index contributed by atoms with van der Waals surface area (Å²) >= 11 is 0. The van der Waals surface area contributed by atoms with Gasteiger partial charge in [0.2, 0.25) is 0 Å². The quantitative estimate of drug-likeness (QED) is 0.632. The predicted molar refractivity (Wildman–Crippen MR) is 92.4 cm³/mol. The predicted octanol–water partition coefficient (Wildman–Crippen LogP) is 5.02. The lowest BCUT2D eigenvalue weighted by Gasteiger charge is -2.11. The number of hydrogen-bond donors (Lipinski definition) is 1. The SMILES string of the molecule is CCCOc1ccc(F)c2c(=O)c(-c3ccc(OC(F)(F)F)cc3)c[nH]c12. The van der Waals surface area contributed by atoms with Crippen molar-refractivity contribution in [3.8, 4) is 22.6 Å². The molecule has 0 saturated carbocycles. The third kappa shape index (κ3) is 4.05. The van der Waals surface area contributed by atoms with E-state index < -0.39 is 23.4 Å². The van der Waals surface area contributed by atoms with E-state index in [1.165, 1.54) is 24.4 Å². The molecule has 0 bridgehead atoms. The van der Waals surface area contributed by atoms with Crippen molar-refractivity contribution in [2.45, 2.75) is 19.7 Å². The van der Waals surface area contributed by atoms with Crippen LogP contribution in [0.15, 0.2) is 47.4 Å². The highest BCUT2D eigenvalue weighted by Gasteiger charge is 2.31. The minimum Gasteiger partial charge on any atom is -0.491 e. The second-order valence-corrected chi connectivity index (χ2v) is 5.75. The van der Waals surface area contributed by atoms with Crippen LogP contribution in [0.5, 0.6) is 11.5 Å². The first-order valence-corrected chi connectivity index (χ1v) is 8.13. The molecule has 1 aromatic heterocycles. The monoisotopic (exact) mass is 381 g/mol. The second kappa shape index (κ2) is 7.30. The molecule has 142 valence electrons. The summed E-state index contributed by atoms with van der Waals surface area (Å²) in [6, 6.07) is 7.35. The highest BCUT2D eigenvalue weighted by molar-refractivity contribution is 5.88. The lowest BCUT2D eigenvalue weighted by Crippen LogP contribution is -2.17. The van der Waals surface area contributed by atoms with Gasteiger partial charge >= 0.3 is 6.36 Å². The molecular formula is C19H15F4NO3. The molecule has 4 nitrogen and oxygen atoms in total. The number of pyridine rings is 1. The van der Waals surface area contributed by atoms with E-state index >= 15 is 0 Å². The molecule has 0 aliphatic heterocycles. The summed E-state index contributed by atoms with van der Waals surface area (Å²) in [5, 5.41) is -0.170. The molecule has 3 rings (SSSR count). The maximum atomic E-state index is 14.3. The van der Waals surface area contributed by atoms with Gasteiger partial charge in [0.1, 0.15) is 17.3 Å². The van der Waals surface area contributed by atoms with Crippen LogP contribution in [0, 0.1) is 5.82 Å². The second-order valence-electron chi connectivity index (χ2n) is 5.75. The van der Waals surface area contributed by atoms with Gasteiger partial charge in [-0.1, -0.05) is 19.1 Å². The maximum Gasteiger partial charge on any atom is 0.573 e. The Hall–Kier alpha value is -3.03. The molecule has 0 fully saturated rings. The van der Waals surface area contributed by atoms with Crippen LogP contribution < -0.4 is 14.9 Å². The molecular weight excluding hydrogens is 366 g/mol. The zero-order valence-electron chi connectivity index (χ0n) is 14.2. The van der Waals surface area contributed by atoms with Crippen LogP contribution in [0.25, 0.3) is 22.0 Å². The van der Waals surface area contributed by atoms with Crippen LogP contribution in [-0.4, -0.2) is 18.0 Å². The number of H-pyrrole nitrogens is 1. The third-order valence-electron chi connectivity index (χ3n) is 3.81. The van der Waals surface area contributed by atoms with E-state index in [1.54, 1.807) is 0 Å². The summed E-state index contributed by atoms with van der Waals surface area (Å²) in [5.41, 5.74) is 0.0847. The van der Waals surface area contributed by atoms with Crippen LogP contribution >= 0.6 is 0 Å². The van der Waals surface area contributed by atoms with E-state index in [0.29, 0.717) is 17.9 Å². The number of alkyl halides is 3. The van der Waals surface area contributed by atoms with Crippen LogP contribution in [0.3, 0.4) is 0 Å². The molecule has 0 aliphatic carbocycles. The van der Waals surface area contributed by atoms with Crippen LogP contribution in [0.4, 0.5) is 17.6 Å². The van der Waals surface area contributed by atoms with Gasteiger partial charge < -0.3 is 14.5 Å². The lowest BCUT2D eigenvalue weighted by atomic mass is 10.0. The van der Waals surface area contributed by atoms with Gasteiger partial charge in [-0.05, 0) is 36.2 Å². The van der Waals surface area contributed by atoms with E-state index in [4.69, 9.17) is 4.74 Å². The van der Waals surface area contributed by atoms with Gasteiger partial charge in [-0.3, -0.25) is 4.79 Å². The number of aromatic nitrogens is 1. The Labute approximate surface area is 151 Å². The number of ether oxygens (including phenoxy) is 2. The van der Waals surface area contributed by atoms with Crippen LogP contribution in [-0.2, 0) is 0 Å². The Balaban J connectivity index is 2.05. The van der Waals surface area contributed by atoms with Gasteiger partial charge in [-0.25, -0.2) is 4.39 Å². The first kappa shape index (κ1) is 18.8. The molecule has 8 heteroatoms. The van der Waals surface area contributed by atoms with Crippen molar-refractivity contribution in [3.05, 3.63) is 58.6 Å². The Kier molecular flexibility index (Phi) is 5.07. The van der Waals surface area contributed by atoms with Crippen molar-refractivity contribution in [2.75, 3.05) is 6.61 Å². The average molecular weight is 381 g/mol. The van der Waals surface area contributed by atoms with E-state index in [1.807, 2.05) is 6.92 Å². The molecule has 1 N–H and O–H groups in total. The first-order chi connectivity index (χ1) is 12.8. The lowest BCUT2D eigenvalue weighted by molar-refractivity contribution is -0.274. The molecule has 2 aromatic carbocycles. The van der Waals surface area contributed by atoms with Crippen LogP contribution in [0.1, 0.15) is 13.3 Å². The summed E-state index contributed by atoms with van der Waals surface area (Å²) < 4.78 is 60.3. The zero-order valence-corrected chi connectivity index (χ0v) is 14.2. The number of hydrogen-bond acceptors (Lipinski definition) is 3. The smallest absolute Gasteiger partial charge is 0.491 e. The molecule has 1 heterocycles. The molecule has 0 amide bonds. The highest BCUT2D eigenvalue weighted by Crippen LogP contribution is 2.28. The topological polar surface area (TPSA) is 51.3 Å². The zero-order chi connectivity index (χ0) is 19.6. The molecule has 0 aliphatic rings. The number of benzene rings is 2. The number of rotatable bonds is 5. The molecule has 0 atom stereocenters. The fourth-order valence-electron chi connectivity index (χ4n) is 2.65. The van der Waals surface area contributed by atoms with Gasteiger partial charge in [0.25, 0.3) is 0 Å². The fourth-order valence-corrected chi connectivity index (χ4v) is 2.65. The summed E-state index contributed by atoms with van der Waals surface area (Å²) in [6.45, 7) is 2.32. The summed E-state index contributed by atoms with van der Waals surface area (Å²) in [4.78, 5) is 15.6. The Morgan fingerprint density at radius 3 is 2.41 bits per heavy atom. The van der Waals surface area contributed by atoms with Gasteiger partial charge in [0, 0.05) is 11.8 Å². The number of nitrogens with one attached hydrogen (secondary N) is 1.